The molecule has 1 aliphatic rings. The van der Waals surface area contributed by atoms with Gasteiger partial charge in [-0.3, -0.25) is 0 Å². The van der Waals surface area contributed by atoms with E-state index in [0.717, 1.165) is 6.42 Å². The molecular formula is C15H27N. The standard InChI is InChI=1S/C15H27N/c1-4-15(2,16-3)13-14-11-9-7-5-6-8-10-12-14/h14,16H,4-9,11,13H2,1-3H3. The molecule has 0 radical (unpaired) electrons. The van der Waals surface area contributed by atoms with Gasteiger partial charge in [0.2, 0.25) is 0 Å². The zero-order chi connectivity index (χ0) is 11.9. The Balaban J connectivity index is 2.54. The molecule has 0 aliphatic heterocycles. The summed E-state index contributed by atoms with van der Waals surface area (Å²) in [6.07, 6.45) is 10.2. The lowest BCUT2D eigenvalue weighted by Gasteiger charge is -2.30. The lowest BCUT2D eigenvalue weighted by molar-refractivity contribution is 0.300. The molecule has 0 fully saturated rings. The molecule has 0 bridgehead atoms. The van der Waals surface area contributed by atoms with Crippen molar-refractivity contribution in [1.82, 2.24) is 5.32 Å². The molecule has 1 aliphatic carbocycles. The van der Waals surface area contributed by atoms with Gasteiger partial charge in [-0.25, -0.2) is 0 Å². The zero-order valence-corrected chi connectivity index (χ0v) is 11.2. The van der Waals surface area contributed by atoms with Crippen LogP contribution >= 0.6 is 0 Å². The average Bonchev–Trinajstić information content (AvgIpc) is 2.43. The molecule has 1 rings (SSSR count). The van der Waals surface area contributed by atoms with E-state index in [9.17, 15) is 0 Å². The quantitative estimate of drug-likeness (QED) is 0.713. The van der Waals surface area contributed by atoms with Crippen LogP contribution in [0, 0.1) is 17.8 Å². The van der Waals surface area contributed by atoms with Crippen LogP contribution in [0.15, 0.2) is 0 Å². The topological polar surface area (TPSA) is 12.0 Å². The van der Waals surface area contributed by atoms with Gasteiger partial charge in [0.15, 0.2) is 0 Å². The molecule has 0 heterocycles. The number of hydrogen-bond acceptors (Lipinski definition) is 1. The summed E-state index contributed by atoms with van der Waals surface area (Å²) in [6, 6.07) is 0. The van der Waals surface area contributed by atoms with Crippen LogP contribution in [-0.2, 0) is 0 Å². The third kappa shape index (κ3) is 4.58. The molecule has 2 unspecified atom stereocenters. The van der Waals surface area contributed by atoms with Crippen LogP contribution in [-0.4, -0.2) is 12.6 Å². The molecule has 0 spiro atoms. The fourth-order valence-electron chi connectivity index (χ4n) is 2.37. The Bertz CT molecular complexity index is 242. The molecule has 2 atom stereocenters. The summed E-state index contributed by atoms with van der Waals surface area (Å²) in [5.41, 5.74) is 0.271. The minimum atomic E-state index is 0.271. The van der Waals surface area contributed by atoms with Crippen molar-refractivity contribution in [1.29, 1.82) is 0 Å². The van der Waals surface area contributed by atoms with Gasteiger partial charge >= 0.3 is 0 Å². The summed E-state index contributed by atoms with van der Waals surface area (Å²) in [7, 11) is 2.08. The van der Waals surface area contributed by atoms with Crippen LogP contribution in [0.25, 0.3) is 0 Å². The highest BCUT2D eigenvalue weighted by Gasteiger charge is 2.23. The third-order valence-corrected chi connectivity index (χ3v) is 3.99. The van der Waals surface area contributed by atoms with E-state index in [0.29, 0.717) is 5.92 Å². The van der Waals surface area contributed by atoms with Gasteiger partial charge in [-0.05, 0) is 39.7 Å². The van der Waals surface area contributed by atoms with Crippen LogP contribution in [0.2, 0.25) is 0 Å². The van der Waals surface area contributed by atoms with Crippen LogP contribution in [0.4, 0.5) is 0 Å². The second-order valence-corrected chi connectivity index (χ2v) is 5.34. The van der Waals surface area contributed by atoms with Crippen molar-refractivity contribution in [2.24, 2.45) is 5.92 Å². The van der Waals surface area contributed by atoms with Crippen molar-refractivity contribution in [2.75, 3.05) is 7.05 Å². The molecule has 92 valence electrons. The van der Waals surface area contributed by atoms with E-state index in [1.165, 1.54) is 44.9 Å². The normalized spacial score (nSPS) is 25.6. The van der Waals surface area contributed by atoms with Crippen LogP contribution in [0.1, 0.15) is 65.2 Å². The van der Waals surface area contributed by atoms with E-state index in [1.54, 1.807) is 0 Å². The SMILES string of the molecule is CCC(C)(CC1C#CCCCCCC1)NC. The highest BCUT2D eigenvalue weighted by molar-refractivity contribution is 5.06. The first-order chi connectivity index (χ1) is 7.70. The number of rotatable bonds is 4. The van der Waals surface area contributed by atoms with Crippen LogP contribution in [0.5, 0.6) is 0 Å². The summed E-state index contributed by atoms with van der Waals surface area (Å²) in [6.45, 7) is 4.58. The third-order valence-electron chi connectivity index (χ3n) is 3.99. The molecule has 0 saturated heterocycles. The summed E-state index contributed by atoms with van der Waals surface area (Å²) in [4.78, 5) is 0. The van der Waals surface area contributed by atoms with Crippen molar-refractivity contribution in [3.8, 4) is 11.8 Å². The molecule has 1 nitrogen and oxygen atoms in total. The highest BCUT2D eigenvalue weighted by atomic mass is 14.9. The van der Waals surface area contributed by atoms with Gasteiger partial charge in [-0.2, -0.15) is 0 Å². The van der Waals surface area contributed by atoms with E-state index < -0.39 is 0 Å². The largest absolute Gasteiger partial charge is 0.315 e. The van der Waals surface area contributed by atoms with E-state index in [2.05, 4.69) is 38.1 Å². The Morgan fingerprint density at radius 1 is 1.25 bits per heavy atom. The van der Waals surface area contributed by atoms with Crippen molar-refractivity contribution in [3.05, 3.63) is 0 Å². The van der Waals surface area contributed by atoms with Gasteiger partial charge in [0.05, 0.1) is 0 Å². The number of hydrogen-bond donors (Lipinski definition) is 1. The Morgan fingerprint density at radius 2 is 2.00 bits per heavy atom. The van der Waals surface area contributed by atoms with Gasteiger partial charge in [0, 0.05) is 17.9 Å². The maximum atomic E-state index is 3.50. The Hall–Kier alpha value is -0.480. The van der Waals surface area contributed by atoms with Crippen LogP contribution in [0.3, 0.4) is 0 Å². The van der Waals surface area contributed by atoms with Crippen molar-refractivity contribution < 1.29 is 0 Å². The minimum absolute atomic E-state index is 0.271. The molecule has 16 heavy (non-hydrogen) atoms. The molecule has 0 aromatic rings. The summed E-state index contributed by atoms with van der Waals surface area (Å²) >= 11 is 0. The first-order valence-corrected chi connectivity index (χ1v) is 6.87. The minimum Gasteiger partial charge on any atom is -0.315 e. The fraction of sp³-hybridized carbons (Fsp3) is 0.867. The predicted octanol–water partition coefficient (Wildman–Crippen LogP) is 3.74. The molecule has 0 amide bonds. The van der Waals surface area contributed by atoms with Gasteiger partial charge in [0.25, 0.3) is 0 Å². The van der Waals surface area contributed by atoms with Crippen molar-refractivity contribution >= 4 is 0 Å². The Morgan fingerprint density at radius 3 is 2.69 bits per heavy atom. The van der Waals surface area contributed by atoms with Gasteiger partial charge in [-0.1, -0.05) is 32.1 Å². The van der Waals surface area contributed by atoms with Crippen molar-refractivity contribution in [3.63, 3.8) is 0 Å². The average molecular weight is 221 g/mol. The Labute approximate surface area is 101 Å². The fourth-order valence-corrected chi connectivity index (χ4v) is 2.37. The zero-order valence-electron chi connectivity index (χ0n) is 11.2. The molecular weight excluding hydrogens is 194 g/mol. The lowest BCUT2D eigenvalue weighted by Crippen LogP contribution is -2.40. The maximum absolute atomic E-state index is 3.50. The summed E-state index contributed by atoms with van der Waals surface area (Å²) in [5.74, 6) is 7.47. The van der Waals surface area contributed by atoms with Gasteiger partial charge in [0.1, 0.15) is 0 Å². The van der Waals surface area contributed by atoms with E-state index >= 15 is 0 Å². The van der Waals surface area contributed by atoms with E-state index in [-0.39, 0.29) is 5.54 Å². The maximum Gasteiger partial charge on any atom is 0.0220 e. The monoisotopic (exact) mass is 221 g/mol. The molecule has 0 aromatic carbocycles. The van der Waals surface area contributed by atoms with Gasteiger partial charge < -0.3 is 5.32 Å². The second kappa shape index (κ2) is 6.97. The van der Waals surface area contributed by atoms with Gasteiger partial charge in [-0.15, -0.1) is 5.92 Å². The van der Waals surface area contributed by atoms with Crippen LogP contribution < -0.4 is 5.32 Å². The first kappa shape index (κ1) is 13.6. The molecule has 0 saturated carbocycles. The van der Waals surface area contributed by atoms with Crippen molar-refractivity contribution in [2.45, 2.75) is 70.8 Å². The lowest BCUT2D eigenvalue weighted by atomic mass is 9.84. The highest BCUT2D eigenvalue weighted by Crippen LogP contribution is 2.24. The Kier molecular flexibility index (Phi) is 5.91. The summed E-state index contributed by atoms with van der Waals surface area (Å²) in [5, 5.41) is 3.46. The predicted molar refractivity (Wildman–Crippen MR) is 71.3 cm³/mol. The molecule has 0 aromatic heterocycles. The smallest absolute Gasteiger partial charge is 0.0220 e. The first-order valence-electron chi connectivity index (χ1n) is 6.87. The summed E-state index contributed by atoms with van der Waals surface area (Å²) < 4.78 is 0. The second-order valence-electron chi connectivity index (χ2n) is 5.34. The number of nitrogens with one attached hydrogen (secondary N) is 1. The van der Waals surface area contributed by atoms with E-state index in [4.69, 9.17) is 0 Å². The molecule has 1 N–H and O–H groups in total. The molecule has 1 heteroatoms. The van der Waals surface area contributed by atoms with E-state index in [1.807, 2.05) is 0 Å².